The minimum atomic E-state index is -4.35. The second-order valence-electron chi connectivity index (χ2n) is 3.96. The minimum absolute atomic E-state index is 0.208. The smallest absolute Gasteiger partial charge is 0.382 e. The van der Waals surface area contributed by atoms with Crippen LogP contribution in [0.15, 0.2) is 18.2 Å². The molecule has 19 heavy (non-hydrogen) atoms. The number of H-pyrrole nitrogens is 1. The highest BCUT2D eigenvalue weighted by Crippen LogP contribution is 2.30. The molecule has 0 radical (unpaired) electrons. The number of fused-ring (bicyclic) bond motifs is 1. The zero-order valence-electron chi connectivity index (χ0n) is 10.3. The maximum absolute atomic E-state index is 12.5. The van der Waals surface area contributed by atoms with Gasteiger partial charge in [0.25, 0.3) is 0 Å². The quantitative estimate of drug-likeness (QED) is 0.853. The number of halogens is 3. The van der Waals surface area contributed by atoms with Crippen molar-refractivity contribution in [1.29, 1.82) is 0 Å². The number of benzene rings is 1. The summed E-state index contributed by atoms with van der Waals surface area (Å²) in [5.41, 5.74) is 0.133. The van der Waals surface area contributed by atoms with Crippen LogP contribution in [0.25, 0.3) is 11.0 Å². The lowest BCUT2D eigenvalue weighted by atomic mass is 10.2. The Kier molecular flexibility index (Phi) is 4.06. The standard InChI is InChI=1S/C12H13F3N2O2/c1-18-4-5-19-7-11-16-9-3-2-8(12(13,14)15)6-10(9)17-11/h2-3,6H,4-5,7H2,1H3,(H,16,17). The van der Waals surface area contributed by atoms with E-state index in [1.54, 1.807) is 7.11 Å². The van der Waals surface area contributed by atoms with Gasteiger partial charge in [-0.2, -0.15) is 13.2 Å². The van der Waals surface area contributed by atoms with Gasteiger partial charge in [-0.05, 0) is 18.2 Å². The molecule has 0 saturated carbocycles. The van der Waals surface area contributed by atoms with E-state index in [0.29, 0.717) is 30.1 Å². The first-order chi connectivity index (χ1) is 9.00. The summed E-state index contributed by atoms with van der Waals surface area (Å²) in [4.78, 5) is 6.95. The van der Waals surface area contributed by atoms with E-state index >= 15 is 0 Å². The number of imidazole rings is 1. The molecule has 104 valence electrons. The molecule has 4 nitrogen and oxygen atoms in total. The summed E-state index contributed by atoms with van der Waals surface area (Å²) in [6, 6.07) is 3.40. The van der Waals surface area contributed by atoms with Crippen molar-refractivity contribution in [3.63, 3.8) is 0 Å². The molecule has 0 spiro atoms. The van der Waals surface area contributed by atoms with Gasteiger partial charge in [0.15, 0.2) is 0 Å². The van der Waals surface area contributed by atoms with Crippen LogP contribution in [0.4, 0.5) is 13.2 Å². The normalized spacial score (nSPS) is 12.2. The first-order valence-electron chi connectivity index (χ1n) is 5.63. The summed E-state index contributed by atoms with van der Waals surface area (Å²) >= 11 is 0. The highest BCUT2D eigenvalue weighted by molar-refractivity contribution is 5.76. The number of nitrogens with zero attached hydrogens (tertiary/aromatic N) is 1. The van der Waals surface area contributed by atoms with E-state index in [1.807, 2.05) is 0 Å². The highest BCUT2D eigenvalue weighted by Gasteiger charge is 2.30. The Morgan fingerprint density at radius 3 is 2.74 bits per heavy atom. The fourth-order valence-corrected chi connectivity index (χ4v) is 1.62. The molecule has 1 aromatic carbocycles. The van der Waals surface area contributed by atoms with Gasteiger partial charge >= 0.3 is 6.18 Å². The third-order valence-electron chi connectivity index (χ3n) is 2.53. The van der Waals surface area contributed by atoms with Gasteiger partial charge in [-0.1, -0.05) is 0 Å². The van der Waals surface area contributed by atoms with Gasteiger partial charge in [0, 0.05) is 7.11 Å². The second kappa shape index (κ2) is 5.58. The fraction of sp³-hybridized carbons (Fsp3) is 0.417. The average molecular weight is 274 g/mol. The molecule has 0 unspecified atom stereocenters. The summed E-state index contributed by atoms with van der Waals surface area (Å²) in [7, 11) is 1.56. The Balaban J connectivity index is 2.12. The molecule has 2 aromatic rings. The number of nitrogens with one attached hydrogen (secondary N) is 1. The number of ether oxygens (including phenoxy) is 2. The molecule has 0 saturated heterocycles. The van der Waals surface area contributed by atoms with Crippen molar-refractivity contribution in [2.75, 3.05) is 20.3 Å². The first kappa shape index (κ1) is 13.8. The number of hydrogen-bond acceptors (Lipinski definition) is 3. The van der Waals surface area contributed by atoms with Crippen molar-refractivity contribution in [3.05, 3.63) is 29.6 Å². The summed E-state index contributed by atoms with van der Waals surface area (Å²) in [6.45, 7) is 1.07. The van der Waals surface area contributed by atoms with E-state index in [0.717, 1.165) is 12.1 Å². The van der Waals surface area contributed by atoms with Crippen molar-refractivity contribution in [2.24, 2.45) is 0 Å². The van der Waals surface area contributed by atoms with E-state index in [1.165, 1.54) is 6.07 Å². The van der Waals surface area contributed by atoms with E-state index in [-0.39, 0.29) is 6.61 Å². The third-order valence-corrected chi connectivity index (χ3v) is 2.53. The number of aromatic amines is 1. The van der Waals surface area contributed by atoms with E-state index in [2.05, 4.69) is 9.97 Å². The molecule has 1 heterocycles. The van der Waals surface area contributed by atoms with Crippen LogP contribution < -0.4 is 0 Å². The lowest BCUT2D eigenvalue weighted by Crippen LogP contribution is -2.04. The van der Waals surface area contributed by atoms with Gasteiger partial charge in [0.2, 0.25) is 0 Å². The lowest BCUT2D eigenvalue weighted by molar-refractivity contribution is -0.137. The van der Waals surface area contributed by atoms with Crippen molar-refractivity contribution < 1.29 is 22.6 Å². The fourth-order valence-electron chi connectivity index (χ4n) is 1.62. The maximum Gasteiger partial charge on any atom is 0.416 e. The van der Waals surface area contributed by atoms with Crippen LogP contribution in [-0.2, 0) is 22.3 Å². The Hall–Kier alpha value is -1.60. The molecule has 0 aliphatic carbocycles. The Bertz CT molecular complexity index is 551. The molecule has 7 heteroatoms. The van der Waals surface area contributed by atoms with Crippen molar-refractivity contribution in [2.45, 2.75) is 12.8 Å². The molecule has 0 amide bonds. The molecule has 1 N–H and O–H groups in total. The topological polar surface area (TPSA) is 47.1 Å². The number of methoxy groups -OCH3 is 1. The molecule has 1 aromatic heterocycles. The molecule has 0 aliphatic heterocycles. The number of rotatable bonds is 5. The Morgan fingerprint density at radius 2 is 2.05 bits per heavy atom. The predicted molar refractivity (Wildman–Crippen MR) is 62.6 cm³/mol. The highest BCUT2D eigenvalue weighted by atomic mass is 19.4. The van der Waals surface area contributed by atoms with Crippen LogP contribution in [0.1, 0.15) is 11.4 Å². The number of hydrogen-bond donors (Lipinski definition) is 1. The Labute approximate surface area is 107 Å². The van der Waals surface area contributed by atoms with Crippen LogP contribution in [0.5, 0.6) is 0 Å². The Morgan fingerprint density at radius 1 is 1.26 bits per heavy atom. The zero-order valence-corrected chi connectivity index (χ0v) is 10.3. The zero-order chi connectivity index (χ0) is 13.9. The van der Waals surface area contributed by atoms with Crippen molar-refractivity contribution in [3.8, 4) is 0 Å². The number of alkyl halides is 3. The SMILES string of the molecule is COCCOCc1nc2ccc(C(F)(F)F)cc2[nH]1. The first-order valence-corrected chi connectivity index (χ1v) is 5.63. The van der Waals surface area contributed by atoms with Gasteiger partial charge in [0.1, 0.15) is 12.4 Å². The van der Waals surface area contributed by atoms with Crippen LogP contribution in [0, 0.1) is 0 Å². The summed E-state index contributed by atoms with van der Waals surface area (Å²) in [5.74, 6) is 0.491. The van der Waals surface area contributed by atoms with Crippen molar-refractivity contribution >= 4 is 11.0 Å². The van der Waals surface area contributed by atoms with E-state index < -0.39 is 11.7 Å². The molecular formula is C12H13F3N2O2. The molecule has 0 atom stereocenters. The van der Waals surface area contributed by atoms with Gasteiger partial charge in [0.05, 0.1) is 29.8 Å². The molecule has 0 aliphatic rings. The van der Waals surface area contributed by atoms with Crippen LogP contribution in [0.3, 0.4) is 0 Å². The number of aromatic nitrogens is 2. The summed E-state index contributed by atoms with van der Waals surface area (Å²) in [6.07, 6.45) is -4.35. The second-order valence-corrected chi connectivity index (χ2v) is 3.96. The van der Waals surface area contributed by atoms with Crippen LogP contribution in [-0.4, -0.2) is 30.3 Å². The summed E-state index contributed by atoms with van der Waals surface area (Å²) < 4.78 is 47.7. The third kappa shape index (κ3) is 3.45. The molecule has 2 rings (SSSR count). The molecule has 0 bridgehead atoms. The van der Waals surface area contributed by atoms with Gasteiger partial charge < -0.3 is 14.5 Å². The maximum atomic E-state index is 12.5. The largest absolute Gasteiger partial charge is 0.416 e. The van der Waals surface area contributed by atoms with Crippen LogP contribution >= 0.6 is 0 Å². The van der Waals surface area contributed by atoms with E-state index in [9.17, 15) is 13.2 Å². The predicted octanol–water partition coefficient (Wildman–Crippen LogP) is 2.74. The molecule has 0 fully saturated rings. The van der Waals surface area contributed by atoms with Gasteiger partial charge in [-0.3, -0.25) is 0 Å². The van der Waals surface area contributed by atoms with Gasteiger partial charge in [-0.25, -0.2) is 4.98 Å². The average Bonchev–Trinajstić information content (AvgIpc) is 2.75. The van der Waals surface area contributed by atoms with Crippen molar-refractivity contribution in [1.82, 2.24) is 9.97 Å². The summed E-state index contributed by atoms with van der Waals surface area (Å²) in [5, 5.41) is 0. The monoisotopic (exact) mass is 274 g/mol. The van der Waals surface area contributed by atoms with Crippen LogP contribution in [0.2, 0.25) is 0 Å². The molecular weight excluding hydrogens is 261 g/mol. The lowest BCUT2D eigenvalue weighted by Gasteiger charge is -2.05. The minimum Gasteiger partial charge on any atom is -0.382 e. The van der Waals surface area contributed by atoms with Gasteiger partial charge in [-0.15, -0.1) is 0 Å². The van der Waals surface area contributed by atoms with E-state index in [4.69, 9.17) is 9.47 Å².